The van der Waals surface area contributed by atoms with Crippen molar-refractivity contribution in [2.24, 2.45) is 0 Å². The molecule has 0 fully saturated rings. The summed E-state index contributed by atoms with van der Waals surface area (Å²) in [5.41, 5.74) is 0.479. The molecule has 0 aliphatic carbocycles. The highest BCUT2D eigenvalue weighted by molar-refractivity contribution is 5.72. The number of hydrogen-bond donors (Lipinski definition) is 2. The number of rotatable bonds is 0. The first-order valence-electron chi connectivity index (χ1n) is 2.89. The molecule has 0 aliphatic rings. The summed E-state index contributed by atoms with van der Waals surface area (Å²) in [6.07, 6.45) is 1.73. The van der Waals surface area contributed by atoms with Crippen molar-refractivity contribution in [1.82, 2.24) is 15.2 Å². The summed E-state index contributed by atoms with van der Waals surface area (Å²) >= 11 is 0. The molecule has 2 heterocycles. The van der Waals surface area contributed by atoms with E-state index in [0.29, 0.717) is 5.65 Å². The van der Waals surface area contributed by atoms with Gasteiger partial charge in [-0.1, -0.05) is 0 Å². The largest absolute Gasteiger partial charge is 0.305 e. The number of nitrogens with one attached hydrogen (secondary N) is 2. The van der Waals surface area contributed by atoms with Crippen molar-refractivity contribution in [2.75, 3.05) is 0 Å². The quantitative estimate of drug-likeness (QED) is 0.544. The Balaban J connectivity index is 2.99. The molecule has 0 aliphatic heterocycles. The van der Waals surface area contributed by atoms with Crippen LogP contribution in [-0.2, 0) is 0 Å². The van der Waals surface area contributed by atoms with Gasteiger partial charge in [0.2, 0.25) is 5.56 Å². The fourth-order valence-corrected chi connectivity index (χ4v) is 0.850. The normalized spacial score (nSPS) is 10.4. The summed E-state index contributed by atoms with van der Waals surface area (Å²) in [5.74, 6) is 0. The van der Waals surface area contributed by atoms with Crippen LogP contribution in [0, 0.1) is 0 Å². The molecule has 4 heteroatoms. The van der Waals surface area contributed by atoms with Crippen LogP contribution in [0.3, 0.4) is 0 Å². The Hall–Kier alpha value is -1.58. The van der Waals surface area contributed by atoms with Crippen molar-refractivity contribution in [1.29, 1.82) is 0 Å². The Morgan fingerprint density at radius 2 is 2.30 bits per heavy atom. The monoisotopic (exact) mass is 135 g/mol. The standard InChI is InChI=1S/C6H5N3O/c10-5-2-1-4-3-7-9-6(4)8-5/h1-3H,(H2,7,8,9,10). The van der Waals surface area contributed by atoms with Gasteiger partial charge in [0.1, 0.15) is 0 Å². The average Bonchev–Trinajstić information content (AvgIpc) is 2.33. The second-order valence-electron chi connectivity index (χ2n) is 2.01. The fraction of sp³-hybridized carbons (Fsp3) is 0. The highest BCUT2D eigenvalue weighted by Gasteiger charge is 1.92. The second kappa shape index (κ2) is 1.70. The lowest BCUT2D eigenvalue weighted by Gasteiger charge is -1.81. The maximum atomic E-state index is 10.7. The molecule has 0 saturated carbocycles. The zero-order valence-electron chi connectivity index (χ0n) is 5.09. The summed E-state index contributed by atoms with van der Waals surface area (Å²) in [6.45, 7) is 0. The number of H-pyrrole nitrogens is 2. The maximum absolute atomic E-state index is 10.7. The molecule has 0 bridgehead atoms. The van der Waals surface area contributed by atoms with Gasteiger partial charge in [0.25, 0.3) is 0 Å². The van der Waals surface area contributed by atoms with E-state index in [4.69, 9.17) is 0 Å². The van der Waals surface area contributed by atoms with E-state index in [9.17, 15) is 4.79 Å². The van der Waals surface area contributed by atoms with E-state index < -0.39 is 0 Å². The third-order valence-corrected chi connectivity index (χ3v) is 1.33. The smallest absolute Gasteiger partial charge is 0.249 e. The Kier molecular flexibility index (Phi) is 0.887. The number of aromatic amines is 2. The molecule has 4 nitrogen and oxygen atoms in total. The van der Waals surface area contributed by atoms with Gasteiger partial charge in [-0.25, -0.2) is 0 Å². The first-order valence-corrected chi connectivity index (χ1v) is 2.89. The molecule has 0 unspecified atom stereocenters. The van der Waals surface area contributed by atoms with Crippen LogP contribution in [0.15, 0.2) is 23.1 Å². The van der Waals surface area contributed by atoms with Crippen molar-refractivity contribution in [3.05, 3.63) is 28.7 Å². The summed E-state index contributed by atoms with van der Waals surface area (Å²) in [4.78, 5) is 13.2. The van der Waals surface area contributed by atoms with Crippen LogP contribution in [0.25, 0.3) is 11.0 Å². The molecule has 50 valence electrons. The van der Waals surface area contributed by atoms with Crippen LogP contribution in [0.5, 0.6) is 0 Å². The third-order valence-electron chi connectivity index (χ3n) is 1.33. The molecule has 2 aromatic rings. The number of nitrogens with zero attached hydrogens (tertiary/aromatic N) is 1. The second-order valence-corrected chi connectivity index (χ2v) is 2.01. The molecule has 0 amide bonds. The van der Waals surface area contributed by atoms with Crippen LogP contribution >= 0.6 is 0 Å². The van der Waals surface area contributed by atoms with Gasteiger partial charge in [0, 0.05) is 17.6 Å². The SMILES string of the molecule is O=c1ccc2c[nH]nc2[nH]1. The lowest BCUT2D eigenvalue weighted by Crippen LogP contribution is -2.01. The first-order chi connectivity index (χ1) is 4.86. The van der Waals surface area contributed by atoms with Crippen LogP contribution < -0.4 is 5.56 Å². The summed E-state index contributed by atoms with van der Waals surface area (Å²) < 4.78 is 0. The van der Waals surface area contributed by atoms with Crippen LogP contribution in [0.1, 0.15) is 0 Å². The summed E-state index contributed by atoms with van der Waals surface area (Å²) in [6, 6.07) is 3.19. The Bertz CT molecular complexity index is 400. The van der Waals surface area contributed by atoms with E-state index in [2.05, 4.69) is 15.2 Å². The van der Waals surface area contributed by atoms with Gasteiger partial charge in [0.05, 0.1) is 0 Å². The molecule has 0 radical (unpaired) electrons. The molecule has 2 rings (SSSR count). The van der Waals surface area contributed by atoms with E-state index >= 15 is 0 Å². The highest BCUT2D eigenvalue weighted by Crippen LogP contribution is 2.01. The van der Waals surface area contributed by atoms with Crippen LogP contribution in [0.4, 0.5) is 0 Å². The van der Waals surface area contributed by atoms with Gasteiger partial charge in [-0.2, -0.15) is 5.10 Å². The van der Waals surface area contributed by atoms with Gasteiger partial charge >= 0.3 is 0 Å². The van der Waals surface area contributed by atoms with E-state index in [1.54, 1.807) is 12.3 Å². The lowest BCUT2D eigenvalue weighted by molar-refractivity contribution is 1.09. The van der Waals surface area contributed by atoms with Gasteiger partial charge < -0.3 is 4.98 Å². The number of fused-ring (bicyclic) bond motifs is 1. The number of pyridine rings is 1. The molecule has 10 heavy (non-hydrogen) atoms. The van der Waals surface area contributed by atoms with Crippen LogP contribution in [-0.4, -0.2) is 15.2 Å². The van der Waals surface area contributed by atoms with E-state index in [0.717, 1.165) is 5.39 Å². The van der Waals surface area contributed by atoms with Gasteiger partial charge in [0.15, 0.2) is 5.65 Å². The third kappa shape index (κ3) is 0.621. The molecule has 2 aromatic heterocycles. The molecule has 0 aromatic carbocycles. The Morgan fingerprint density at radius 3 is 3.20 bits per heavy atom. The molecular formula is C6H5N3O. The maximum Gasteiger partial charge on any atom is 0.249 e. The summed E-state index contributed by atoms with van der Waals surface area (Å²) in [7, 11) is 0. The Labute approximate surface area is 55.9 Å². The first kappa shape index (κ1) is 5.22. The molecular weight excluding hydrogens is 130 g/mol. The zero-order chi connectivity index (χ0) is 6.97. The van der Waals surface area contributed by atoms with E-state index in [-0.39, 0.29) is 5.56 Å². The Morgan fingerprint density at radius 1 is 1.40 bits per heavy atom. The minimum Gasteiger partial charge on any atom is -0.305 e. The minimum absolute atomic E-state index is 0.125. The topological polar surface area (TPSA) is 61.5 Å². The van der Waals surface area contributed by atoms with Crippen molar-refractivity contribution in [3.8, 4) is 0 Å². The van der Waals surface area contributed by atoms with E-state index in [1.165, 1.54) is 6.07 Å². The number of hydrogen-bond acceptors (Lipinski definition) is 2. The van der Waals surface area contributed by atoms with Crippen molar-refractivity contribution in [3.63, 3.8) is 0 Å². The van der Waals surface area contributed by atoms with Gasteiger partial charge in [-0.05, 0) is 6.07 Å². The zero-order valence-corrected chi connectivity index (χ0v) is 5.09. The predicted molar refractivity (Wildman–Crippen MR) is 36.7 cm³/mol. The highest BCUT2D eigenvalue weighted by atomic mass is 16.1. The predicted octanol–water partition coefficient (Wildman–Crippen LogP) is 0.251. The fourth-order valence-electron chi connectivity index (χ4n) is 0.850. The van der Waals surface area contributed by atoms with E-state index in [1.807, 2.05) is 0 Å². The van der Waals surface area contributed by atoms with Gasteiger partial charge in [-0.3, -0.25) is 9.89 Å². The molecule has 0 spiro atoms. The molecule has 2 N–H and O–H groups in total. The van der Waals surface area contributed by atoms with Gasteiger partial charge in [-0.15, -0.1) is 0 Å². The van der Waals surface area contributed by atoms with Crippen LogP contribution in [0.2, 0.25) is 0 Å². The molecule has 0 saturated heterocycles. The molecule has 0 atom stereocenters. The van der Waals surface area contributed by atoms with Crippen molar-refractivity contribution < 1.29 is 0 Å². The minimum atomic E-state index is -0.125. The lowest BCUT2D eigenvalue weighted by atomic mass is 10.4. The van der Waals surface area contributed by atoms with Crippen molar-refractivity contribution in [2.45, 2.75) is 0 Å². The summed E-state index contributed by atoms with van der Waals surface area (Å²) in [5, 5.41) is 7.36. The van der Waals surface area contributed by atoms with Crippen molar-refractivity contribution >= 4 is 11.0 Å². The number of aromatic nitrogens is 3. The average molecular weight is 135 g/mol.